The molecule has 124 valence electrons. The monoisotopic (exact) mass is 317 g/mol. The van der Waals surface area contributed by atoms with E-state index >= 15 is 0 Å². The molecule has 0 radical (unpaired) electrons. The van der Waals surface area contributed by atoms with Crippen LogP contribution in [0.2, 0.25) is 0 Å². The van der Waals surface area contributed by atoms with Gasteiger partial charge in [-0.3, -0.25) is 4.79 Å². The molecule has 0 aliphatic rings. The smallest absolute Gasteiger partial charge is 0.289 e. The largest absolute Gasteiger partial charge is 0.496 e. The predicted molar refractivity (Wildman–Crippen MR) is 87.6 cm³/mol. The Bertz CT molecular complexity index is 663. The van der Waals surface area contributed by atoms with Gasteiger partial charge in [0, 0.05) is 25.1 Å². The maximum Gasteiger partial charge on any atom is 0.289 e. The molecule has 2 aromatic rings. The summed E-state index contributed by atoms with van der Waals surface area (Å²) < 4.78 is 11.0. The molecule has 5 heteroatoms. The van der Waals surface area contributed by atoms with Crippen LogP contribution in [-0.4, -0.2) is 36.2 Å². The van der Waals surface area contributed by atoms with Gasteiger partial charge in [-0.1, -0.05) is 25.1 Å². The average Bonchev–Trinajstić information content (AvgIpc) is 2.95. The summed E-state index contributed by atoms with van der Waals surface area (Å²) in [5.41, 5.74) is 1.85. The summed E-state index contributed by atoms with van der Waals surface area (Å²) in [6.45, 7) is 4.39. The summed E-state index contributed by atoms with van der Waals surface area (Å²) >= 11 is 0. The van der Waals surface area contributed by atoms with E-state index in [4.69, 9.17) is 9.15 Å². The van der Waals surface area contributed by atoms with Crippen LogP contribution in [0.5, 0.6) is 5.75 Å². The standard InChI is InChI=1S/C18H23NO4/c1-4-15-13(2)11-17(23-15)18(21)19(9-10-20)12-14-7-5-6-8-16(14)22-3/h5-8,11,20H,4,9-10,12H2,1-3H3. The maximum absolute atomic E-state index is 12.7. The number of hydrogen-bond donors (Lipinski definition) is 1. The van der Waals surface area contributed by atoms with Crippen molar-refractivity contribution in [1.82, 2.24) is 4.90 Å². The van der Waals surface area contributed by atoms with E-state index in [1.807, 2.05) is 38.1 Å². The SMILES string of the molecule is CCc1oc(C(=O)N(CCO)Cc2ccccc2OC)cc1C. The van der Waals surface area contributed by atoms with E-state index in [9.17, 15) is 9.90 Å². The quantitative estimate of drug-likeness (QED) is 0.853. The summed E-state index contributed by atoms with van der Waals surface area (Å²) in [7, 11) is 1.60. The van der Waals surface area contributed by atoms with Gasteiger partial charge in [-0.2, -0.15) is 0 Å². The third kappa shape index (κ3) is 3.93. The number of para-hydroxylation sites is 1. The van der Waals surface area contributed by atoms with Crippen LogP contribution in [0.25, 0.3) is 0 Å². The van der Waals surface area contributed by atoms with Gasteiger partial charge in [0.25, 0.3) is 5.91 Å². The molecule has 5 nitrogen and oxygen atoms in total. The Morgan fingerprint density at radius 2 is 2.09 bits per heavy atom. The number of aliphatic hydroxyl groups is 1. The molecule has 0 saturated carbocycles. The van der Waals surface area contributed by atoms with Crippen molar-refractivity contribution in [3.8, 4) is 5.75 Å². The highest BCUT2D eigenvalue weighted by atomic mass is 16.5. The van der Waals surface area contributed by atoms with Crippen molar-refractivity contribution >= 4 is 5.91 Å². The lowest BCUT2D eigenvalue weighted by Crippen LogP contribution is -2.33. The fourth-order valence-electron chi connectivity index (χ4n) is 2.54. The minimum Gasteiger partial charge on any atom is -0.496 e. The summed E-state index contributed by atoms with van der Waals surface area (Å²) in [5, 5.41) is 9.29. The first-order valence-electron chi connectivity index (χ1n) is 7.72. The van der Waals surface area contributed by atoms with E-state index in [-0.39, 0.29) is 19.1 Å². The van der Waals surface area contributed by atoms with Gasteiger partial charge in [-0.05, 0) is 24.6 Å². The Labute approximate surface area is 136 Å². The lowest BCUT2D eigenvalue weighted by atomic mass is 10.1. The molecule has 0 aliphatic carbocycles. The van der Waals surface area contributed by atoms with Crippen LogP contribution in [0, 0.1) is 6.92 Å². The molecule has 0 unspecified atom stereocenters. The molecule has 23 heavy (non-hydrogen) atoms. The minimum atomic E-state index is -0.229. The Hall–Kier alpha value is -2.27. The summed E-state index contributed by atoms with van der Waals surface area (Å²) in [6.07, 6.45) is 0.742. The van der Waals surface area contributed by atoms with Crippen LogP contribution < -0.4 is 4.74 Å². The summed E-state index contributed by atoms with van der Waals surface area (Å²) in [5.74, 6) is 1.61. The maximum atomic E-state index is 12.7. The molecule has 0 spiro atoms. The summed E-state index contributed by atoms with van der Waals surface area (Å²) in [4.78, 5) is 14.3. The van der Waals surface area contributed by atoms with Crippen LogP contribution in [0.3, 0.4) is 0 Å². The number of aliphatic hydroxyl groups excluding tert-OH is 1. The third-order valence-electron chi connectivity index (χ3n) is 3.76. The van der Waals surface area contributed by atoms with Crippen LogP contribution >= 0.6 is 0 Å². The molecule has 0 fully saturated rings. The van der Waals surface area contributed by atoms with E-state index in [1.54, 1.807) is 18.1 Å². The summed E-state index contributed by atoms with van der Waals surface area (Å²) in [6, 6.07) is 9.29. The second kappa shape index (κ2) is 7.83. The molecule has 1 amide bonds. The Balaban J connectivity index is 2.24. The van der Waals surface area contributed by atoms with Crippen LogP contribution in [0.4, 0.5) is 0 Å². The molecule has 0 saturated heterocycles. The zero-order valence-electron chi connectivity index (χ0n) is 13.8. The molecular formula is C18H23NO4. The van der Waals surface area contributed by atoms with Gasteiger partial charge in [-0.25, -0.2) is 0 Å². The number of carbonyl (C=O) groups is 1. The molecule has 0 bridgehead atoms. The number of nitrogens with zero attached hydrogens (tertiary/aromatic N) is 1. The first kappa shape index (κ1) is 17.1. The molecule has 1 heterocycles. The normalized spacial score (nSPS) is 10.6. The van der Waals surface area contributed by atoms with Crippen molar-refractivity contribution in [3.63, 3.8) is 0 Å². The second-order valence-corrected chi connectivity index (χ2v) is 5.33. The Morgan fingerprint density at radius 1 is 1.35 bits per heavy atom. The van der Waals surface area contributed by atoms with E-state index in [0.717, 1.165) is 23.3 Å². The van der Waals surface area contributed by atoms with E-state index in [0.29, 0.717) is 18.1 Å². The number of rotatable bonds is 7. The molecule has 2 rings (SSSR count). The minimum absolute atomic E-state index is 0.110. The van der Waals surface area contributed by atoms with Crippen molar-refractivity contribution in [1.29, 1.82) is 0 Å². The van der Waals surface area contributed by atoms with E-state index < -0.39 is 0 Å². The highest BCUT2D eigenvalue weighted by Crippen LogP contribution is 2.22. The molecule has 0 aliphatic heterocycles. The van der Waals surface area contributed by atoms with Gasteiger partial charge in [-0.15, -0.1) is 0 Å². The van der Waals surface area contributed by atoms with E-state index in [2.05, 4.69) is 0 Å². The zero-order chi connectivity index (χ0) is 16.8. The van der Waals surface area contributed by atoms with Gasteiger partial charge in [0.15, 0.2) is 5.76 Å². The second-order valence-electron chi connectivity index (χ2n) is 5.33. The van der Waals surface area contributed by atoms with Crippen molar-refractivity contribution in [3.05, 3.63) is 53.0 Å². The van der Waals surface area contributed by atoms with Gasteiger partial charge in [0.1, 0.15) is 11.5 Å². The number of methoxy groups -OCH3 is 1. The number of furan rings is 1. The average molecular weight is 317 g/mol. The predicted octanol–water partition coefficient (Wildman–Crippen LogP) is 2.79. The van der Waals surface area contributed by atoms with Crippen molar-refractivity contribution in [2.24, 2.45) is 0 Å². The molecule has 1 N–H and O–H groups in total. The van der Waals surface area contributed by atoms with Gasteiger partial charge in [0.2, 0.25) is 0 Å². The first-order valence-corrected chi connectivity index (χ1v) is 7.72. The zero-order valence-corrected chi connectivity index (χ0v) is 13.8. The Kier molecular flexibility index (Phi) is 5.82. The number of carbonyl (C=O) groups excluding carboxylic acids is 1. The number of aryl methyl sites for hydroxylation is 2. The van der Waals surface area contributed by atoms with E-state index in [1.165, 1.54) is 0 Å². The number of ether oxygens (including phenoxy) is 1. The van der Waals surface area contributed by atoms with Crippen LogP contribution in [0.1, 0.15) is 34.4 Å². The highest BCUT2D eigenvalue weighted by Gasteiger charge is 2.21. The van der Waals surface area contributed by atoms with Crippen molar-refractivity contribution in [2.45, 2.75) is 26.8 Å². The first-order chi connectivity index (χ1) is 11.1. The topological polar surface area (TPSA) is 62.9 Å². The number of amides is 1. The fraction of sp³-hybridized carbons (Fsp3) is 0.389. The number of benzene rings is 1. The fourth-order valence-corrected chi connectivity index (χ4v) is 2.54. The molecule has 1 aromatic carbocycles. The molecular weight excluding hydrogens is 294 g/mol. The van der Waals surface area contributed by atoms with Crippen LogP contribution in [-0.2, 0) is 13.0 Å². The van der Waals surface area contributed by atoms with Gasteiger partial charge < -0.3 is 19.2 Å². The van der Waals surface area contributed by atoms with Gasteiger partial charge in [0.05, 0.1) is 13.7 Å². The van der Waals surface area contributed by atoms with Crippen LogP contribution in [0.15, 0.2) is 34.7 Å². The third-order valence-corrected chi connectivity index (χ3v) is 3.76. The molecule has 1 aromatic heterocycles. The van der Waals surface area contributed by atoms with Gasteiger partial charge >= 0.3 is 0 Å². The lowest BCUT2D eigenvalue weighted by molar-refractivity contribution is 0.0673. The van der Waals surface area contributed by atoms with Crippen molar-refractivity contribution in [2.75, 3.05) is 20.3 Å². The highest BCUT2D eigenvalue weighted by molar-refractivity contribution is 5.91. The Morgan fingerprint density at radius 3 is 2.70 bits per heavy atom. The molecule has 0 atom stereocenters. The lowest BCUT2D eigenvalue weighted by Gasteiger charge is -2.21. The number of hydrogen-bond acceptors (Lipinski definition) is 4. The van der Waals surface area contributed by atoms with Crippen molar-refractivity contribution < 1.29 is 19.1 Å².